The normalized spacial score (nSPS) is 15.6. The molecule has 0 bridgehead atoms. The number of esters is 1. The van der Waals surface area contributed by atoms with Gasteiger partial charge in [0.05, 0.1) is 30.2 Å². The van der Waals surface area contributed by atoms with Gasteiger partial charge in [0, 0.05) is 10.0 Å². The number of halogens is 2. The molecule has 2 aromatic carbocycles. The maximum Gasteiger partial charge on any atom is 0.338 e. The van der Waals surface area contributed by atoms with E-state index in [9.17, 15) is 10.1 Å². The molecule has 1 aliphatic rings. The van der Waals surface area contributed by atoms with E-state index in [4.69, 9.17) is 36.3 Å². The van der Waals surface area contributed by atoms with Gasteiger partial charge < -0.3 is 24.7 Å². The second-order valence-electron chi connectivity index (χ2n) is 7.05. The number of methoxy groups -OCH3 is 1. The maximum absolute atomic E-state index is 12.7. The van der Waals surface area contributed by atoms with Gasteiger partial charge in [0.2, 0.25) is 5.88 Å². The van der Waals surface area contributed by atoms with Crippen molar-refractivity contribution in [2.45, 2.75) is 26.4 Å². The second kappa shape index (κ2) is 10.6. The number of ether oxygens (including phenoxy) is 4. The lowest BCUT2D eigenvalue weighted by atomic mass is 9.82. The number of nitrogens with two attached hydrogens (primary N) is 1. The number of rotatable bonds is 7. The van der Waals surface area contributed by atoms with Gasteiger partial charge in [0.25, 0.3) is 0 Å². The van der Waals surface area contributed by atoms with Gasteiger partial charge in [0.1, 0.15) is 35.5 Å². The van der Waals surface area contributed by atoms with E-state index in [1.165, 1.54) is 0 Å². The number of carbonyl (C=O) groups excluding carboxylic acids is 1. The highest BCUT2D eigenvalue weighted by Crippen LogP contribution is 2.41. The summed E-state index contributed by atoms with van der Waals surface area (Å²) in [6.45, 7) is 3.64. The first kappa shape index (κ1) is 24.5. The average Bonchev–Trinajstić information content (AvgIpc) is 2.78. The van der Waals surface area contributed by atoms with Crippen LogP contribution in [0.5, 0.6) is 11.5 Å². The third-order valence-electron chi connectivity index (χ3n) is 5.02. The quantitative estimate of drug-likeness (QED) is 0.479. The molecule has 33 heavy (non-hydrogen) atoms. The Balaban J connectivity index is 2.03. The van der Waals surface area contributed by atoms with Crippen LogP contribution in [0.1, 0.15) is 30.9 Å². The zero-order valence-corrected chi connectivity index (χ0v) is 20.6. The standard InChI is InChI=1S/C24H22BrClN2O5/c1-4-31-24(29)21-13(2)33-23(28)17(11-27)22(21)14-5-7-19(30-3)15(9-14)12-32-20-8-6-16(25)10-18(20)26/h5-10,22H,4,12,28H2,1-3H3/t22-/m0/s1. The van der Waals surface area contributed by atoms with Crippen LogP contribution in [0.4, 0.5) is 0 Å². The van der Waals surface area contributed by atoms with Crippen LogP contribution in [-0.2, 0) is 20.9 Å². The topological polar surface area (TPSA) is 104 Å². The molecule has 1 aliphatic heterocycles. The fourth-order valence-corrected chi connectivity index (χ4v) is 4.25. The van der Waals surface area contributed by atoms with Crippen LogP contribution >= 0.6 is 27.5 Å². The number of allylic oxidation sites excluding steroid dienone is 2. The van der Waals surface area contributed by atoms with Crippen molar-refractivity contribution in [2.75, 3.05) is 13.7 Å². The Labute approximate surface area is 205 Å². The molecule has 0 aliphatic carbocycles. The van der Waals surface area contributed by atoms with Crippen LogP contribution in [0.3, 0.4) is 0 Å². The van der Waals surface area contributed by atoms with Crippen molar-refractivity contribution in [3.8, 4) is 17.6 Å². The molecule has 7 nitrogen and oxygen atoms in total. The van der Waals surface area contributed by atoms with Crippen molar-refractivity contribution in [3.05, 3.63) is 79.8 Å². The molecule has 0 radical (unpaired) electrons. The van der Waals surface area contributed by atoms with Gasteiger partial charge in [-0.3, -0.25) is 0 Å². The summed E-state index contributed by atoms with van der Waals surface area (Å²) in [5, 5.41) is 10.2. The smallest absolute Gasteiger partial charge is 0.338 e. The molecule has 3 rings (SSSR count). The summed E-state index contributed by atoms with van der Waals surface area (Å²) < 4.78 is 22.9. The molecular formula is C24H22BrClN2O5. The van der Waals surface area contributed by atoms with Crippen molar-refractivity contribution in [1.82, 2.24) is 0 Å². The lowest BCUT2D eigenvalue weighted by Gasteiger charge is -2.27. The first-order valence-electron chi connectivity index (χ1n) is 10.0. The maximum atomic E-state index is 12.7. The van der Waals surface area contributed by atoms with Crippen LogP contribution in [-0.4, -0.2) is 19.7 Å². The van der Waals surface area contributed by atoms with E-state index in [1.54, 1.807) is 51.3 Å². The highest BCUT2D eigenvalue weighted by Gasteiger charge is 2.36. The lowest BCUT2D eigenvalue weighted by Crippen LogP contribution is -2.25. The van der Waals surface area contributed by atoms with Crippen molar-refractivity contribution >= 4 is 33.5 Å². The van der Waals surface area contributed by atoms with Crippen LogP contribution in [0.15, 0.2) is 63.7 Å². The van der Waals surface area contributed by atoms with Gasteiger partial charge in [-0.1, -0.05) is 33.6 Å². The van der Waals surface area contributed by atoms with E-state index < -0.39 is 11.9 Å². The summed E-state index contributed by atoms with van der Waals surface area (Å²) in [5.41, 5.74) is 7.65. The van der Waals surface area contributed by atoms with E-state index in [0.29, 0.717) is 27.6 Å². The Morgan fingerprint density at radius 2 is 2.00 bits per heavy atom. The van der Waals surface area contributed by atoms with Crippen LogP contribution in [0, 0.1) is 11.3 Å². The number of hydrogen-bond acceptors (Lipinski definition) is 7. The zero-order valence-electron chi connectivity index (χ0n) is 18.3. The Morgan fingerprint density at radius 3 is 2.64 bits per heavy atom. The van der Waals surface area contributed by atoms with Crippen molar-refractivity contribution < 1.29 is 23.7 Å². The Bertz CT molecular complexity index is 1190. The Hall–Kier alpha value is -3.15. The minimum Gasteiger partial charge on any atom is -0.496 e. The summed E-state index contributed by atoms with van der Waals surface area (Å²) in [6.07, 6.45) is 0. The van der Waals surface area contributed by atoms with Crippen LogP contribution < -0.4 is 15.2 Å². The summed E-state index contributed by atoms with van der Waals surface area (Å²) in [6, 6.07) is 12.7. The van der Waals surface area contributed by atoms with Crippen molar-refractivity contribution in [3.63, 3.8) is 0 Å². The fraction of sp³-hybridized carbons (Fsp3) is 0.250. The highest BCUT2D eigenvalue weighted by atomic mass is 79.9. The van der Waals surface area contributed by atoms with Gasteiger partial charge in [-0.15, -0.1) is 0 Å². The summed E-state index contributed by atoms with van der Waals surface area (Å²) in [4.78, 5) is 12.7. The van der Waals surface area contributed by atoms with Gasteiger partial charge >= 0.3 is 5.97 Å². The minimum atomic E-state index is -0.760. The third-order valence-corrected chi connectivity index (χ3v) is 5.80. The molecule has 0 aromatic heterocycles. The molecule has 172 valence electrons. The van der Waals surface area contributed by atoms with E-state index in [0.717, 1.165) is 4.47 Å². The lowest BCUT2D eigenvalue weighted by molar-refractivity contribution is -0.139. The summed E-state index contributed by atoms with van der Waals surface area (Å²) in [7, 11) is 1.55. The van der Waals surface area contributed by atoms with Gasteiger partial charge in [-0.05, 0) is 49.7 Å². The molecule has 0 unspecified atom stereocenters. The van der Waals surface area contributed by atoms with Gasteiger partial charge in [-0.2, -0.15) is 5.26 Å². The first-order chi connectivity index (χ1) is 15.8. The molecule has 0 spiro atoms. The van der Waals surface area contributed by atoms with Crippen molar-refractivity contribution in [2.24, 2.45) is 5.73 Å². The predicted octanol–water partition coefficient (Wildman–Crippen LogP) is 5.33. The number of carbonyl (C=O) groups is 1. The van der Waals surface area contributed by atoms with Crippen LogP contribution in [0.25, 0.3) is 0 Å². The monoisotopic (exact) mass is 532 g/mol. The van der Waals surface area contributed by atoms with Gasteiger partial charge in [-0.25, -0.2) is 4.79 Å². The molecule has 9 heteroatoms. The predicted molar refractivity (Wildman–Crippen MR) is 126 cm³/mol. The third kappa shape index (κ3) is 5.27. The van der Waals surface area contributed by atoms with Crippen molar-refractivity contribution in [1.29, 1.82) is 5.26 Å². The summed E-state index contributed by atoms with van der Waals surface area (Å²) >= 11 is 9.63. The fourth-order valence-electron chi connectivity index (χ4n) is 3.53. The van der Waals surface area contributed by atoms with E-state index in [-0.39, 0.29) is 36.0 Å². The SMILES string of the molecule is CCOC(=O)C1=C(C)OC(N)=C(C#N)[C@@H]1c1ccc(OC)c(COc2ccc(Br)cc2Cl)c1. The number of hydrogen-bond donors (Lipinski definition) is 1. The molecule has 0 fully saturated rings. The average molecular weight is 534 g/mol. The number of benzene rings is 2. The minimum absolute atomic E-state index is 0.0525. The zero-order chi connectivity index (χ0) is 24.1. The molecule has 0 amide bonds. The first-order valence-corrected chi connectivity index (χ1v) is 11.2. The molecule has 0 saturated carbocycles. The molecular weight excluding hydrogens is 512 g/mol. The molecule has 0 saturated heterocycles. The molecule has 2 N–H and O–H groups in total. The Kier molecular flexibility index (Phi) is 7.90. The number of nitrogens with zero attached hydrogens (tertiary/aromatic N) is 1. The highest BCUT2D eigenvalue weighted by molar-refractivity contribution is 9.10. The Morgan fingerprint density at radius 1 is 1.27 bits per heavy atom. The van der Waals surface area contributed by atoms with E-state index in [2.05, 4.69) is 22.0 Å². The van der Waals surface area contributed by atoms with Crippen LogP contribution in [0.2, 0.25) is 5.02 Å². The molecule has 1 atom stereocenters. The number of nitriles is 1. The summed E-state index contributed by atoms with van der Waals surface area (Å²) in [5.74, 6) is -0.0242. The molecule has 1 heterocycles. The van der Waals surface area contributed by atoms with E-state index >= 15 is 0 Å². The molecule has 2 aromatic rings. The van der Waals surface area contributed by atoms with Gasteiger partial charge in [0.15, 0.2) is 0 Å². The largest absolute Gasteiger partial charge is 0.496 e. The van der Waals surface area contributed by atoms with E-state index in [1.807, 2.05) is 6.07 Å². The second-order valence-corrected chi connectivity index (χ2v) is 8.37.